The second kappa shape index (κ2) is 6.96. The van der Waals surface area contributed by atoms with Crippen molar-refractivity contribution in [2.24, 2.45) is 0 Å². The first kappa shape index (κ1) is 16.7. The summed E-state index contributed by atoms with van der Waals surface area (Å²) in [6.07, 6.45) is 1.56. The quantitative estimate of drug-likeness (QED) is 0.739. The molecule has 140 valence electrons. The van der Waals surface area contributed by atoms with Gasteiger partial charge in [-0.05, 0) is 24.5 Å². The van der Waals surface area contributed by atoms with Gasteiger partial charge in [0.2, 0.25) is 0 Å². The van der Waals surface area contributed by atoms with Crippen LogP contribution in [0.4, 0.5) is 5.82 Å². The van der Waals surface area contributed by atoms with Crippen molar-refractivity contribution in [2.45, 2.75) is 18.9 Å². The molecule has 0 radical (unpaired) electrons. The monoisotopic (exact) mass is 372 g/mol. The van der Waals surface area contributed by atoms with Crippen LogP contribution in [0.1, 0.15) is 21.6 Å². The van der Waals surface area contributed by atoms with E-state index in [4.69, 9.17) is 9.72 Å². The Morgan fingerprint density at radius 2 is 1.86 bits per heavy atom. The number of nitrogens with zero attached hydrogens (tertiary/aromatic N) is 2. The molecule has 2 N–H and O–H groups in total. The van der Waals surface area contributed by atoms with Crippen molar-refractivity contribution in [3.63, 3.8) is 0 Å². The number of ether oxygens (including phenoxy) is 1. The Balaban J connectivity index is 1.51. The van der Waals surface area contributed by atoms with E-state index in [1.165, 1.54) is 5.56 Å². The van der Waals surface area contributed by atoms with E-state index < -0.39 is 0 Å². The highest BCUT2D eigenvalue weighted by molar-refractivity contribution is 5.96. The first-order chi connectivity index (χ1) is 13.8. The molecule has 2 aliphatic heterocycles. The summed E-state index contributed by atoms with van der Waals surface area (Å²) >= 11 is 0. The molecule has 0 aliphatic carbocycles. The smallest absolute Gasteiger partial charge is 0.270 e. The van der Waals surface area contributed by atoms with Gasteiger partial charge in [0, 0.05) is 17.7 Å². The highest BCUT2D eigenvalue weighted by atomic mass is 16.5. The van der Waals surface area contributed by atoms with Crippen LogP contribution in [0.5, 0.6) is 5.75 Å². The number of nitrogens with one attached hydrogen (secondary N) is 2. The number of rotatable bonds is 3. The van der Waals surface area contributed by atoms with E-state index in [1.54, 1.807) is 0 Å². The Kier molecular flexibility index (Phi) is 4.16. The number of benzene rings is 2. The van der Waals surface area contributed by atoms with Crippen molar-refractivity contribution in [3.05, 3.63) is 71.4 Å². The van der Waals surface area contributed by atoms with Gasteiger partial charge in [-0.3, -0.25) is 4.79 Å². The highest BCUT2D eigenvalue weighted by Gasteiger charge is 2.27. The minimum Gasteiger partial charge on any atom is -0.491 e. The molecule has 6 heteroatoms. The van der Waals surface area contributed by atoms with E-state index in [9.17, 15) is 4.79 Å². The molecule has 0 bridgehead atoms. The molecular formula is C22H20N4O2. The maximum Gasteiger partial charge on any atom is 0.270 e. The van der Waals surface area contributed by atoms with Gasteiger partial charge in [0.15, 0.2) is 5.82 Å². The van der Waals surface area contributed by atoms with Crippen LogP contribution in [-0.4, -0.2) is 35.1 Å². The Bertz CT molecular complexity index is 1040. The summed E-state index contributed by atoms with van der Waals surface area (Å²) in [5, 5.41) is 6.40. The number of fused-ring (bicyclic) bond motifs is 2. The lowest BCUT2D eigenvalue weighted by Crippen LogP contribution is -2.37. The molecule has 1 amide bonds. The lowest BCUT2D eigenvalue weighted by atomic mass is 10.0. The van der Waals surface area contributed by atoms with Crippen LogP contribution in [0, 0.1) is 0 Å². The normalized spacial score (nSPS) is 17.7. The molecule has 0 saturated heterocycles. The van der Waals surface area contributed by atoms with E-state index in [0.717, 1.165) is 29.1 Å². The summed E-state index contributed by atoms with van der Waals surface area (Å²) in [6.45, 7) is 1.15. The third-order valence-corrected chi connectivity index (χ3v) is 5.13. The van der Waals surface area contributed by atoms with Gasteiger partial charge in [-0.1, -0.05) is 48.5 Å². The van der Waals surface area contributed by atoms with Crippen molar-refractivity contribution < 1.29 is 9.53 Å². The third-order valence-electron chi connectivity index (χ3n) is 5.13. The average molecular weight is 372 g/mol. The average Bonchev–Trinajstić information content (AvgIpc) is 2.75. The lowest BCUT2D eigenvalue weighted by molar-refractivity contribution is 0.0940. The van der Waals surface area contributed by atoms with Gasteiger partial charge in [0.25, 0.3) is 5.91 Å². The number of anilines is 1. The van der Waals surface area contributed by atoms with Crippen LogP contribution >= 0.6 is 0 Å². The molecule has 2 aliphatic rings. The van der Waals surface area contributed by atoms with E-state index in [1.807, 2.05) is 48.5 Å². The number of hydrogen-bond acceptors (Lipinski definition) is 5. The van der Waals surface area contributed by atoms with Crippen molar-refractivity contribution in [3.8, 4) is 17.1 Å². The van der Waals surface area contributed by atoms with E-state index >= 15 is 0 Å². The number of aromatic nitrogens is 2. The fourth-order valence-electron chi connectivity index (χ4n) is 3.74. The van der Waals surface area contributed by atoms with E-state index in [0.29, 0.717) is 31.1 Å². The third kappa shape index (κ3) is 3.07. The van der Waals surface area contributed by atoms with Crippen LogP contribution < -0.4 is 15.4 Å². The van der Waals surface area contributed by atoms with Crippen molar-refractivity contribution in [2.75, 3.05) is 18.5 Å². The number of amides is 1. The Morgan fingerprint density at radius 1 is 1.04 bits per heavy atom. The van der Waals surface area contributed by atoms with E-state index in [2.05, 4.69) is 21.7 Å². The van der Waals surface area contributed by atoms with Crippen molar-refractivity contribution >= 4 is 11.7 Å². The zero-order valence-corrected chi connectivity index (χ0v) is 15.3. The SMILES string of the molecule is O=C1NCCc2c(NC3COc4ccccc4C3)nc(-c3ccccc3)nc21. The molecule has 1 atom stereocenters. The molecule has 1 aromatic heterocycles. The Morgan fingerprint density at radius 3 is 2.75 bits per heavy atom. The summed E-state index contributed by atoms with van der Waals surface area (Å²) in [6, 6.07) is 17.9. The van der Waals surface area contributed by atoms with Gasteiger partial charge < -0.3 is 15.4 Å². The zero-order chi connectivity index (χ0) is 18.9. The molecule has 0 saturated carbocycles. The fourth-order valence-corrected chi connectivity index (χ4v) is 3.74. The van der Waals surface area contributed by atoms with Gasteiger partial charge in [0.1, 0.15) is 23.9 Å². The van der Waals surface area contributed by atoms with Gasteiger partial charge in [-0.2, -0.15) is 0 Å². The molecule has 2 aromatic carbocycles. The number of para-hydroxylation sites is 1. The number of carbonyl (C=O) groups is 1. The van der Waals surface area contributed by atoms with E-state index in [-0.39, 0.29) is 11.9 Å². The lowest BCUT2D eigenvalue weighted by Gasteiger charge is -2.28. The minimum atomic E-state index is -0.144. The van der Waals surface area contributed by atoms with Gasteiger partial charge >= 0.3 is 0 Å². The number of carbonyl (C=O) groups excluding carboxylic acids is 1. The van der Waals surface area contributed by atoms with Crippen LogP contribution in [0.25, 0.3) is 11.4 Å². The van der Waals surface area contributed by atoms with Crippen LogP contribution in [-0.2, 0) is 12.8 Å². The highest BCUT2D eigenvalue weighted by Crippen LogP contribution is 2.29. The summed E-state index contributed by atoms with van der Waals surface area (Å²) < 4.78 is 5.90. The summed E-state index contributed by atoms with van der Waals surface area (Å²) in [5.41, 5.74) is 3.40. The van der Waals surface area contributed by atoms with Gasteiger partial charge in [-0.25, -0.2) is 9.97 Å². The fraction of sp³-hybridized carbons (Fsp3) is 0.227. The zero-order valence-electron chi connectivity index (χ0n) is 15.3. The molecule has 28 heavy (non-hydrogen) atoms. The van der Waals surface area contributed by atoms with Crippen LogP contribution in [0.2, 0.25) is 0 Å². The molecular weight excluding hydrogens is 352 g/mol. The molecule has 0 fully saturated rings. The number of hydrogen-bond donors (Lipinski definition) is 2. The second-order valence-corrected chi connectivity index (χ2v) is 7.06. The largest absolute Gasteiger partial charge is 0.491 e. The standard InChI is InChI=1S/C22H20N4O2/c27-22-19-17(10-11-23-22)21(26-20(25-19)14-6-2-1-3-7-14)24-16-12-15-8-4-5-9-18(15)28-13-16/h1-9,16H,10-13H2,(H,23,27)(H,24,25,26). The predicted octanol–water partition coefficient (Wildman–Crippen LogP) is 2.85. The first-order valence-corrected chi connectivity index (χ1v) is 9.50. The Labute approximate surface area is 163 Å². The molecule has 6 nitrogen and oxygen atoms in total. The minimum absolute atomic E-state index is 0.0857. The summed E-state index contributed by atoms with van der Waals surface area (Å²) in [5.74, 6) is 2.08. The topological polar surface area (TPSA) is 76.1 Å². The maximum absolute atomic E-state index is 12.4. The molecule has 0 spiro atoms. The molecule has 3 heterocycles. The summed E-state index contributed by atoms with van der Waals surface area (Å²) in [4.78, 5) is 21.8. The van der Waals surface area contributed by atoms with Crippen LogP contribution in [0.3, 0.4) is 0 Å². The first-order valence-electron chi connectivity index (χ1n) is 9.50. The molecule has 3 aromatic rings. The molecule has 5 rings (SSSR count). The Hall–Kier alpha value is -3.41. The van der Waals surface area contributed by atoms with Gasteiger partial charge in [0.05, 0.1) is 6.04 Å². The second-order valence-electron chi connectivity index (χ2n) is 7.06. The van der Waals surface area contributed by atoms with Gasteiger partial charge in [-0.15, -0.1) is 0 Å². The molecule has 1 unspecified atom stereocenters. The van der Waals surface area contributed by atoms with Crippen molar-refractivity contribution in [1.29, 1.82) is 0 Å². The maximum atomic E-state index is 12.4. The predicted molar refractivity (Wildman–Crippen MR) is 107 cm³/mol. The van der Waals surface area contributed by atoms with Crippen LogP contribution in [0.15, 0.2) is 54.6 Å². The van der Waals surface area contributed by atoms with Crippen molar-refractivity contribution in [1.82, 2.24) is 15.3 Å². The summed E-state index contributed by atoms with van der Waals surface area (Å²) in [7, 11) is 0.